The highest BCUT2D eigenvalue weighted by Gasteiger charge is 2.20. The van der Waals surface area contributed by atoms with Crippen molar-refractivity contribution >= 4 is 65.6 Å². The summed E-state index contributed by atoms with van der Waals surface area (Å²) in [6.07, 6.45) is 0. The van der Waals surface area contributed by atoms with E-state index in [1.807, 2.05) is 66.7 Å². The molecule has 0 radical (unpaired) electrons. The molecule has 0 saturated carbocycles. The molecule has 57 heavy (non-hydrogen) atoms. The van der Waals surface area contributed by atoms with Crippen LogP contribution < -0.4 is 0 Å². The first-order valence-electron chi connectivity index (χ1n) is 19.1. The van der Waals surface area contributed by atoms with Crippen molar-refractivity contribution in [1.82, 2.24) is 24.1 Å². The Morgan fingerprint density at radius 2 is 0.825 bits per heavy atom. The summed E-state index contributed by atoms with van der Waals surface area (Å²) < 4.78 is 11.3. The van der Waals surface area contributed by atoms with Gasteiger partial charge < -0.3 is 13.6 Å². The number of rotatable bonds is 5. The fraction of sp³-hybridized carbons (Fsp3) is 0. The first kappa shape index (κ1) is 31.5. The molecule has 0 amide bonds. The highest BCUT2D eigenvalue weighted by molar-refractivity contribution is 6.19. The third kappa shape index (κ3) is 4.94. The number of aromatic nitrogens is 5. The number of furan rings is 1. The molecule has 0 saturated heterocycles. The second-order valence-corrected chi connectivity index (χ2v) is 14.5. The molecule has 12 aromatic rings. The lowest BCUT2D eigenvalue weighted by atomic mass is 10.1. The molecule has 0 aliphatic carbocycles. The van der Waals surface area contributed by atoms with Crippen molar-refractivity contribution in [3.8, 4) is 45.5 Å². The van der Waals surface area contributed by atoms with E-state index in [9.17, 15) is 0 Å². The zero-order chi connectivity index (χ0) is 37.5. The fourth-order valence-corrected chi connectivity index (χ4v) is 8.55. The van der Waals surface area contributed by atoms with E-state index in [1.165, 1.54) is 32.6 Å². The van der Waals surface area contributed by atoms with E-state index in [-0.39, 0.29) is 0 Å². The smallest absolute Gasteiger partial charge is 0.164 e. The molecule has 8 aromatic carbocycles. The van der Waals surface area contributed by atoms with Crippen LogP contribution in [0.1, 0.15) is 0 Å². The monoisotopic (exact) mass is 729 g/mol. The molecule has 6 heteroatoms. The van der Waals surface area contributed by atoms with Gasteiger partial charge in [-0.1, -0.05) is 121 Å². The van der Waals surface area contributed by atoms with E-state index >= 15 is 0 Å². The summed E-state index contributed by atoms with van der Waals surface area (Å²) in [5.74, 6) is 1.85. The van der Waals surface area contributed by atoms with Crippen molar-refractivity contribution in [2.75, 3.05) is 0 Å². The van der Waals surface area contributed by atoms with Gasteiger partial charge in [0.2, 0.25) is 0 Å². The number of para-hydroxylation sites is 3. The van der Waals surface area contributed by atoms with Gasteiger partial charge in [0.05, 0.1) is 22.1 Å². The summed E-state index contributed by atoms with van der Waals surface area (Å²) in [6.45, 7) is 0. The van der Waals surface area contributed by atoms with E-state index in [2.05, 4.69) is 130 Å². The maximum atomic E-state index is 6.56. The van der Waals surface area contributed by atoms with Crippen LogP contribution in [-0.4, -0.2) is 24.1 Å². The third-order valence-electron chi connectivity index (χ3n) is 11.2. The van der Waals surface area contributed by atoms with Crippen molar-refractivity contribution in [2.24, 2.45) is 0 Å². The van der Waals surface area contributed by atoms with Gasteiger partial charge in [0, 0.05) is 60.4 Å². The Morgan fingerprint density at radius 3 is 1.44 bits per heavy atom. The lowest BCUT2D eigenvalue weighted by Gasteiger charge is -2.10. The number of fused-ring (bicyclic) bond motifs is 9. The lowest BCUT2D eigenvalue weighted by molar-refractivity contribution is 0.669. The Morgan fingerprint density at radius 1 is 0.298 bits per heavy atom. The van der Waals surface area contributed by atoms with Crippen LogP contribution in [0, 0.1) is 0 Å². The Hall–Kier alpha value is -7.83. The molecular formula is C51H31N5O. The minimum Gasteiger partial charge on any atom is -0.456 e. The molecule has 0 N–H and O–H groups in total. The van der Waals surface area contributed by atoms with E-state index in [0.717, 1.165) is 61.0 Å². The van der Waals surface area contributed by atoms with Crippen LogP contribution in [0.4, 0.5) is 0 Å². The van der Waals surface area contributed by atoms with Gasteiger partial charge in [-0.15, -0.1) is 0 Å². The molecule has 0 bridgehead atoms. The van der Waals surface area contributed by atoms with Crippen molar-refractivity contribution in [3.63, 3.8) is 0 Å². The predicted octanol–water partition coefficient (Wildman–Crippen LogP) is 13.0. The summed E-state index contributed by atoms with van der Waals surface area (Å²) in [5.41, 5.74) is 11.2. The third-order valence-corrected chi connectivity index (χ3v) is 11.2. The Kier molecular flexibility index (Phi) is 6.83. The molecule has 4 heterocycles. The zero-order valence-corrected chi connectivity index (χ0v) is 30.5. The van der Waals surface area contributed by atoms with E-state index in [1.54, 1.807) is 0 Å². The molecule has 0 unspecified atom stereocenters. The Balaban J connectivity index is 1.04. The van der Waals surface area contributed by atoms with E-state index in [4.69, 9.17) is 19.4 Å². The van der Waals surface area contributed by atoms with Crippen LogP contribution in [0.25, 0.3) is 111 Å². The minimum atomic E-state index is 0.593. The minimum absolute atomic E-state index is 0.593. The SMILES string of the molecule is c1ccc(-c2nc(-c3ccccc3)nc(-c3ccc4c(c3)oc3ccc(-n5c6ccccc6c6cc7c8ccccc8n(-c8ccccc8)c7cc65)cc34)n2)cc1. The van der Waals surface area contributed by atoms with Gasteiger partial charge in [-0.25, -0.2) is 15.0 Å². The zero-order valence-electron chi connectivity index (χ0n) is 30.5. The number of benzene rings is 8. The van der Waals surface area contributed by atoms with Gasteiger partial charge in [-0.2, -0.15) is 0 Å². The van der Waals surface area contributed by atoms with E-state index in [0.29, 0.717) is 17.5 Å². The van der Waals surface area contributed by atoms with Crippen molar-refractivity contribution < 1.29 is 4.42 Å². The van der Waals surface area contributed by atoms with Gasteiger partial charge in [-0.3, -0.25) is 0 Å². The van der Waals surface area contributed by atoms with Crippen molar-refractivity contribution in [1.29, 1.82) is 0 Å². The van der Waals surface area contributed by atoms with Crippen LogP contribution in [0.15, 0.2) is 192 Å². The second-order valence-electron chi connectivity index (χ2n) is 14.5. The van der Waals surface area contributed by atoms with Gasteiger partial charge in [0.1, 0.15) is 11.2 Å². The Labute approximate surface area is 326 Å². The molecule has 12 rings (SSSR count). The normalized spacial score (nSPS) is 11.9. The van der Waals surface area contributed by atoms with Gasteiger partial charge in [-0.05, 0) is 66.7 Å². The average Bonchev–Trinajstić information content (AvgIpc) is 3.93. The second kappa shape index (κ2) is 12.3. The quantitative estimate of drug-likeness (QED) is 0.177. The fourth-order valence-electron chi connectivity index (χ4n) is 8.55. The van der Waals surface area contributed by atoms with Gasteiger partial charge in [0.25, 0.3) is 0 Å². The average molecular weight is 730 g/mol. The molecule has 0 aliphatic rings. The molecule has 0 aliphatic heterocycles. The van der Waals surface area contributed by atoms with Crippen LogP contribution in [0.2, 0.25) is 0 Å². The first-order valence-corrected chi connectivity index (χ1v) is 19.1. The standard InChI is InChI=1S/C51H31N5O/c1-4-14-32(15-5-1)49-52-50(33-16-6-2-7-17-33)54-51(53-49)34-24-26-39-42-29-36(25-27-47(42)57-48(39)28-34)56-44-23-13-11-21-38(44)41-30-40-37-20-10-12-22-43(37)55(45(40)31-46(41)56)35-18-8-3-9-19-35/h1-31H. The molecule has 266 valence electrons. The summed E-state index contributed by atoms with van der Waals surface area (Å²) in [5, 5.41) is 6.99. The first-order chi connectivity index (χ1) is 28.2. The molecule has 0 atom stereocenters. The van der Waals surface area contributed by atoms with Crippen LogP contribution in [0.3, 0.4) is 0 Å². The molecule has 0 spiro atoms. The molecule has 4 aromatic heterocycles. The summed E-state index contributed by atoms with van der Waals surface area (Å²) in [6, 6.07) is 65.7. The summed E-state index contributed by atoms with van der Waals surface area (Å²) >= 11 is 0. The maximum Gasteiger partial charge on any atom is 0.164 e. The number of nitrogens with zero attached hydrogens (tertiary/aromatic N) is 5. The van der Waals surface area contributed by atoms with Crippen LogP contribution >= 0.6 is 0 Å². The van der Waals surface area contributed by atoms with E-state index < -0.39 is 0 Å². The largest absolute Gasteiger partial charge is 0.456 e. The molecule has 6 nitrogen and oxygen atoms in total. The van der Waals surface area contributed by atoms with Gasteiger partial charge >= 0.3 is 0 Å². The highest BCUT2D eigenvalue weighted by Crippen LogP contribution is 2.41. The highest BCUT2D eigenvalue weighted by atomic mass is 16.3. The summed E-state index contributed by atoms with van der Waals surface area (Å²) in [4.78, 5) is 14.8. The lowest BCUT2D eigenvalue weighted by Crippen LogP contribution is -2.00. The molecular weight excluding hydrogens is 699 g/mol. The molecule has 0 fully saturated rings. The van der Waals surface area contributed by atoms with Crippen molar-refractivity contribution in [2.45, 2.75) is 0 Å². The maximum absolute atomic E-state index is 6.56. The number of hydrogen-bond donors (Lipinski definition) is 0. The van der Waals surface area contributed by atoms with Crippen LogP contribution in [0.5, 0.6) is 0 Å². The Bertz CT molecular complexity index is 3450. The predicted molar refractivity (Wildman–Crippen MR) is 232 cm³/mol. The van der Waals surface area contributed by atoms with Gasteiger partial charge in [0.15, 0.2) is 17.5 Å². The van der Waals surface area contributed by atoms with Crippen LogP contribution in [-0.2, 0) is 0 Å². The topological polar surface area (TPSA) is 61.7 Å². The van der Waals surface area contributed by atoms with Crippen molar-refractivity contribution in [3.05, 3.63) is 188 Å². The number of hydrogen-bond acceptors (Lipinski definition) is 4. The summed E-state index contributed by atoms with van der Waals surface area (Å²) in [7, 11) is 0.